The van der Waals surface area contributed by atoms with Crippen LogP contribution in [0.5, 0.6) is 0 Å². The van der Waals surface area contributed by atoms with Gasteiger partial charge in [0.1, 0.15) is 0 Å². The average Bonchev–Trinajstić information content (AvgIpc) is 2.80. The van der Waals surface area contributed by atoms with Crippen molar-refractivity contribution in [3.8, 4) is 0 Å². The highest BCUT2D eigenvalue weighted by atomic mass is 32.1. The number of nitrogens with one attached hydrogen (secondary N) is 1. The van der Waals surface area contributed by atoms with Gasteiger partial charge in [0.15, 0.2) is 0 Å². The molecule has 0 radical (unpaired) electrons. The van der Waals surface area contributed by atoms with E-state index in [4.69, 9.17) is 0 Å². The molecule has 100 valence electrons. The van der Waals surface area contributed by atoms with Gasteiger partial charge in [0.05, 0.1) is 0 Å². The number of rotatable bonds is 4. The van der Waals surface area contributed by atoms with Gasteiger partial charge in [-0.2, -0.15) is 11.3 Å². The zero-order valence-electron chi connectivity index (χ0n) is 11.2. The summed E-state index contributed by atoms with van der Waals surface area (Å²) >= 11 is 1.76. The fourth-order valence-corrected chi connectivity index (χ4v) is 3.52. The number of nitrogens with zero attached hydrogens (tertiary/aromatic N) is 1. The van der Waals surface area contributed by atoms with Crippen molar-refractivity contribution in [2.45, 2.75) is 32.7 Å². The first kappa shape index (κ1) is 13.6. The van der Waals surface area contributed by atoms with E-state index < -0.39 is 0 Å². The highest BCUT2D eigenvalue weighted by Gasteiger charge is 2.26. The van der Waals surface area contributed by atoms with Gasteiger partial charge >= 0.3 is 0 Å². The molecule has 0 bridgehead atoms. The van der Waals surface area contributed by atoms with E-state index >= 15 is 0 Å². The zero-order valence-corrected chi connectivity index (χ0v) is 12.0. The van der Waals surface area contributed by atoms with Crippen LogP contribution in [0.4, 0.5) is 0 Å². The summed E-state index contributed by atoms with van der Waals surface area (Å²) in [7, 11) is 0. The summed E-state index contributed by atoms with van der Waals surface area (Å²) in [5.74, 6) is 0.748. The Hall–Kier alpha value is -0.870. The van der Waals surface area contributed by atoms with Crippen LogP contribution in [0.25, 0.3) is 0 Å². The van der Waals surface area contributed by atoms with E-state index in [1.165, 1.54) is 5.56 Å². The number of likely N-dealkylation sites (N-methyl/N-ethyl adjacent to an activating group) is 1. The molecule has 18 heavy (non-hydrogen) atoms. The number of amides is 1. The Bertz CT molecular complexity index is 377. The number of piperidine rings is 1. The number of hydrogen-bond acceptors (Lipinski definition) is 3. The molecular formula is C14H22N2OS. The van der Waals surface area contributed by atoms with E-state index in [2.05, 4.69) is 34.0 Å². The summed E-state index contributed by atoms with van der Waals surface area (Å²) < 4.78 is 0. The Labute approximate surface area is 113 Å². The minimum atomic E-state index is 0.0900. The van der Waals surface area contributed by atoms with Crippen molar-refractivity contribution in [1.29, 1.82) is 0 Å². The molecule has 1 aliphatic rings. The van der Waals surface area contributed by atoms with Gasteiger partial charge in [0, 0.05) is 26.1 Å². The smallest absolute Gasteiger partial charge is 0.217 e. The molecule has 2 rings (SSSR count). The lowest BCUT2D eigenvalue weighted by molar-refractivity contribution is -0.120. The molecule has 2 atom stereocenters. The van der Waals surface area contributed by atoms with Crippen LogP contribution in [0.15, 0.2) is 16.8 Å². The average molecular weight is 266 g/mol. The van der Waals surface area contributed by atoms with Crippen LogP contribution in [0.2, 0.25) is 0 Å². The van der Waals surface area contributed by atoms with E-state index in [0.717, 1.165) is 32.5 Å². The molecule has 2 unspecified atom stereocenters. The van der Waals surface area contributed by atoms with Crippen LogP contribution >= 0.6 is 11.3 Å². The van der Waals surface area contributed by atoms with E-state index in [0.29, 0.717) is 12.0 Å². The molecule has 4 heteroatoms. The van der Waals surface area contributed by atoms with Gasteiger partial charge in [-0.1, -0.05) is 6.92 Å². The lowest BCUT2D eigenvalue weighted by atomic mass is 9.89. The molecule has 1 amide bonds. The molecule has 1 aliphatic heterocycles. The molecule has 1 aromatic heterocycles. The molecule has 1 fully saturated rings. The summed E-state index contributed by atoms with van der Waals surface area (Å²) in [6.45, 7) is 7.02. The van der Waals surface area contributed by atoms with Crippen LogP contribution in [-0.2, 0) is 11.2 Å². The van der Waals surface area contributed by atoms with Gasteiger partial charge in [-0.05, 0) is 47.7 Å². The third-order valence-electron chi connectivity index (χ3n) is 3.57. The molecule has 2 heterocycles. The van der Waals surface area contributed by atoms with Gasteiger partial charge in [-0.3, -0.25) is 4.79 Å². The molecule has 0 aromatic carbocycles. The Morgan fingerprint density at radius 2 is 2.39 bits per heavy atom. The van der Waals surface area contributed by atoms with Crippen LogP contribution in [-0.4, -0.2) is 36.5 Å². The molecule has 3 nitrogen and oxygen atoms in total. The van der Waals surface area contributed by atoms with Gasteiger partial charge in [-0.15, -0.1) is 0 Å². The Morgan fingerprint density at radius 1 is 1.56 bits per heavy atom. The number of carbonyl (C=O) groups excluding carboxylic acids is 1. The normalized spacial score (nSPS) is 25.0. The van der Waals surface area contributed by atoms with E-state index in [1.54, 1.807) is 18.3 Å². The van der Waals surface area contributed by atoms with E-state index in [9.17, 15) is 4.79 Å². The van der Waals surface area contributed by atoms with Crippen molar-refractivity contribution < 1.29 is 4.79 Å². The Balaban J connectivity index is 1.94. The summed E-state index contributed by atoms with van der Waals surface area (Å²) in [5.41, 5.74) is 1.43. The molecule has 1 aromatic rings. The van der Waals surface area contributed by atoms with Gasteiger partial charge in [0.2, 0.25) is 5.91 Å². The van der Waals surface area contributed by atoms with Gasteiger partial charge in [0.25, 0.3) is 0 Å². The number of carbonyl (C=O) groups is 1. The Morgan fingerprint density at radius 3 is 3.00 bits per heavy atom. The fourth-order valence-electron chi connectivity index (χ4n) is 2.84. The number of likely N-dealkylation sites (tertiary alicyclic amines) is 1. The lowest BCUT2D eigenvalue weighted by Crippen LogP contribution is -2.50. The lowest BCUT2D eigenvalue weighted by Gasteiger charge is -2.37. The van der Waals surface area contributed by atoms with Crippen LogP contribution < -0.4 is 5.32 Å². The van der Waals surface area contributed by atoms with Crippen molar-refractivity contribution in [3.05, 3.63) is 22.4 Å². The molecule has 0 aliphatic carbocycles. The minimum absolute atomic E-state index is 0.0900. The van der Waals surface area contributed by atoms with Crippen LogP contribution in [0.3, 0.4) is 0 Å². The summed E-state index contributed by atoms with van der Waals surface area (Å²) in [6.07, 6.45) is 2.24. The van der Waals surface area contributed by atoms with E-state index in [-0.39, 0.29) is 5.91 Å². The highest BCUT2D eigenvalue weighted by molar-refractivity contribution is 7.07. The predicted octanol–water partition coefficient (Wildman–Crippen LogP) is 2.14. The Kier molecular flexibility index (Phi) is 4.78. The van der Waals surface area contributed by atoms with E-state index in [1.807, 2.05) is 0 Å². The van der Waals surface area contributed by atoms with Crippen LogP contribution in [0.1, 0.15) is 25.8 Å². The first-order chi connectivity index (χ1) is 8.67. The predicted molar refractivity (Wildman–Crippen MR) is 75.8 cm³/mol. The summed E-state index contributed by atoms with van der Waals surface area (Å²) in [6, 6.07) is 2.53. The number of thiophene rings is 1. The monoisotopic (exact) mass is 266 g/mol. The SMILES string of the molecule is CCN1CC(Cc2ccsc2)CC(NC(C)=O)C1. The second kappa shape index (κ2) is 6.34. The fraction of sp³-hybridized carbons (Fsp3) is 0.643. The van der Waals surface area contributed by atoms with Crippen molar-refractivity contribution >= 4 is 17.2 Å². The summed E-state index contributed by atoms with van der Waals surface area (Å²) in [4.78, 5) is 13.6. The maximum absolute atomic E-state index is 11.2. The zero-order chi connectivity index (χ0) is 13.0. The summed E-state index contributed by atoms with van der Waals surface area (Å²) in [5, 5.41) is 7.45. The first-order valence-corrected chi connectivity index (χ1v) is 7.62. The standard InChI is InChI=1S/C14H22N2OS/c1-3-16-8-13(6-12-4-5-18-10-12)7-14(9-16)15-11(2)17/h4-5,10,13-14H,3,6-9H2,1-2H3,(H,15,17). The van der Waals surface area contributed by atoms with Crippen LogP contribution in [0, 0.1) is 5.92 Å². The second-order valence-corrected chi connectivity index (χ2v) is 5.97. The third-order valence-corrected chi connectivity index (χ3v) is 4.30. The van der Waals surface area contributed by atoms with Crippen molar-refractivity contribution in [2.24, 2.45) is 5.92 Å². The first-order valence-electron chi connectivity index (χ1n) is 6.68. The topological polar surface area (TPSA) is 32.3 Å². The molecular weight excluding hydrogens is 244 g/mol. The molecule has 0 saturated carbocycles. The largest absolute Gasteiger partial charge is 0.352 e. The minimum Gasteiger partial charge on any atom is -0.352 e. The maximum atomic E-state index is 11.2. The molecule has 0 spiro atoms. The molecule has 1 saturated heterocycles. The van der Waals surface area contributed by atoms with Crippen molar-refractivity contribution in [3.63, 3.8) is 0 Å². The van der Waals surface area contributed by atoms with Crippen molar-refractivity contribution in [2.75, 3.05) is 19.6 Å². The van der Waals surface area contributed by atoms with Crippen molar-refractivity contribution in [1.82, 2.24) is 10.2 Å². The molecule has 1 N–H and O–H groups in total. The van der Waals surface area contributed by atoms with Gasteiger partial charge in [-0.25, -0.2) is 0 Å². The van der Waals surface area contributed by atoms with Gasteiger partial charge < -0.3 is 10.2 Å². The maximum Gasteiger partial charge on any atom is 0.217 e. The number of hydrogen-bond donors (Lipinski definition) is 1. The third kappa shape index (κ3) is 3.82. The quantitative estimate of drug-likeness (QED) is 0.905. The highest BCUT2D eigenvalue weighted by Crippen LogP contribution is 2.22. The second-order valence-electron chi connectivity index (χ2n) is 5.19.